The Balaban J connectivity index is 1.60. The third kappa shape index (κ3) is 3.69. The molecule has 3 aromatic carbocycles. The van der Waals surface area contributed by atoms with Gasteiger partial charge in [0.05, 0.1) is 6.04 Å². The van der Waals surface area contributed by atoms with E-state index in [-0.39, 0.29) is 17.3 Å². The van der Waals surface area contributed by atoms with Crippen LogP contribution in [0.4, 0.5) is 10.1 Å². The molecule has 1 fully saturated rings. The lowest BCUT2D eigenvalue weighted by Crippen LogP contribution is -2.46. The van der Waals surface area contributed by atoms with Gasteiger partial charge in [-0.05, 0) is 68.4 Å². The summed E-state index contributed by atoms with van der Waals surface area (Å²) in [4.78, 5) is 16.4. The molecule has 1 saturated heterocycles. The van der Waals surface area contributed by atoms with Crippen LogP contribution in [0.25, 0.3) is 0 Å². The van der Waals surface area contributed by atoms with Crippen LogP contribution in [0.2, 0.25) is 0 Å². The Kier molecular flexibility index (Phi) is 5.64. The zero-order valence-corrected chi connectivity index (χ0v) is 18.7. The maximum atomic E-state index is 15.3. The minimum Gasteiger partial charge on any atom is -0.359 e. The Labute approximate surface area is 193 Å². The predicted octanol–water partition coefficient (Wildman–Crippen LogP) is 4.67. The summed E-state index contributed by atoms with van der Waals surface area (Å²) in [5.41, 5.74) is 6.08. The molecule has 33 heavy (non-hydrogen) atoms. The van der Waals surface area contributed by atoms with Crippen LogP contribution in [0.15, 0.2) is 72.8 Å². The van der Waals surface area contributed by atoms with E-state index in [2.05, 4.69) is 35.0 Å². The van der Waals surface area contributed by atoms with Gasteiger partial charge >= 0.3 is 0 Å². The molecule has 2 N–H and O–H groups in total. The van der Waals surface area contributed by atoms with Gasteiger partial charge in [-0.3, -0.25) is 10.0 Å². The van der Waals surface area contributed by atoms with Crippen LogP contribution >= 0.6 is 0 Å². The topological polar surface area (TPSA) is 55.8 Å². The summed E-state index contributed by atoms with van der Waals surface area (Å²) >= 11 is 0. The van der Waals surface area contributed by atoms with E-state index < -0.39 is 5.91 Å². The van der Waals surface area contributed by atoms with Crippen molar-refractivity contribution in [3.8, 4) is 0 Å². The molecular formula is C27H28FN3O2. The number of rotatable bonds is 4. The maximum absolute atomic E-state index is 15.3. The summed E-state index contributed by atoms with van der Waals surface area (Å²) in [5, 5.41) is 8.90. The molecule has 2 aliphatic rings. The first-order valence-corrected chi connectivity index (χ1v) is 11.4. The highest BCUT2D eigenvalue weighted by atomic mass is 19.1. The Morgan fingerprint density at radius 2 is 1.70 bits per heavy atom. The van der Waals surface area contributed by atoms with Crippen molar-refractivity contribution in [1.82, 2.24) is 10.4 Å². The molecule has 0 saturated carbocycles. The molecule has 1 amide bonds. The normalized spacial score (nSPS) is 19.5. The summed E-state index contributed by atoms with van der Waals surface area (Å²) < 4.78 is 15.3. The van der Waals surface area contributed by atoms with Gasteiger partial charge in [-0.15, -0.1) is 0 Å². The Bertz CT molecular complexity index is 1160. The first-order valence-electron chi connectivity index (χ1n) is 11.4. The highest BCUT2D eigenvalue weighted by Gasteiger charge is 2.52. The van der Waals surface area contributed by atoms with Gasteiger partial charge in [-0.1, -0.05) is 48.5 Å². The summed E-state index contributed by atoms with van der Waals surface area (Å²) in [6.07, 6.45) is 1.93. The average Bonchev–Trinajstić information content (AvgIpc) is 3.10. The van der Waals surface area contributed by atoms with Crippen LogP contribution in [0, 0.1) is 5.82 Å². The molecule has 6 heteroatoms. The second kappa shape index (κ2) is 8.61. The van der Waals surface area contributed by atoms with Gasteiger partial charge < -0.3 is 9.80 Å². The van der Waals surface area contributed by atoms with E-state index in [0.717, 1.165) is 42.7 Å². The fourth-order valence-electron chi connectivity index (χ4n) is 5.65. The first-order chi connectivity index (χ1) is 16.0. The van der Waals surface area contributed by atoms with Gasteiger partial charge in [0.1, 0.15) is 5.82 Å². The number of nitrogens with one attached hydrogen (secondary N) is 1. The second-order valence-corrected chi connectivity index (χ2v) is 9.17. The van der Waals surface area contributed by atoms with Gasteiger partial charge in [-0.2, -0.15) is 0 Å². The maximum Gasteiger partial charge on any atom is 0.274 e. The highest BCUT2D eigenvalue weighted by molar-refractivity contribution is 5.93. The van der Waals surface area contributed by atoms with E-state index in [1.807, 2.05) is 30.3 Å². The predicted molar refractivity (Wildman–Crippen MR) is 126 cm³/mol. The molecule has 1 spiro atoms. The lowest BCUT2D eigenvalue weighted by Gasteiger charge is -2.44. The van der Waals surface area contributed by atoms with Crippen LogP contribution in [-0.2, 0) is 12.0 Å². The van der Waals surface area contributed by atoms with Crippen LogP contribution < -0.4 is 10.4 Å². The molecular weight excluding hydrogens is 417 g/mol. The Morgan fingerprint density at radius 1 is 1.03 bits per heavy atom. The molecule has 5 nitrogen and oxygen atoms in total. The van der Waals surface area contributed by atoms with Crippen molar-refractivity contribution in [1.29, 1.82) is 0 Å². The number of anilines is 1. The molecule has 1 unspecified atom stereocenters. The summed E-state index contributed by atoms with van der Waals surface area (Å²) in [7, 11) is 2.15. The fraction of sp³-hybridized carbons (Fsp3) is 0.296. The van der Waals surface area contributed by atoms with E-state index in [1.54, 1.807) is 29.7 Å². The van der Waals surface area contributed by atoms with E-state index in [9.17, 15) is 4.79 Å². The zero-order chi connectivity index (χ0) is 23.0. The van der Waals surface area contributed by atoms with Crippen molar-refractivity contribution in [2.24, 2.45) is 0 Å². The zero-order valence-electron chi connectivity index (χ0n) is 18.7. The van der Waals surface area contributed by atoms with E-state index >= 15 is 4.39 Å². The number of hydrogen-bond donors (Lipinski definition) is 2. The molecule has 2 aliphatic heterocycles. The molecule has 1 atom stereocenters. The summed E-state index contributed by atoms with van der Waals surface area (Å²) in [6, 6.07) is 22.7. The van der Waals surface area contributed by atoms with Crippen LogP contribution in [-0.4, -0.2) is 36.2 Å². The number of fused-ring (bicyclic) bond motifs is 2. The third-order valence-electron chi connectivity index (χ3n) is 7.33. The number of hydroxylamine groups is 1. The number of halogens is 1. The minimum absolute atomic E-state index is 0.120. The monoisotopic (exact) mass is 445 g/mol. The van der Waals surface area contributed by atoms with Gasteiger partial charge in [0, 0.05) is 28.8 Å². The fourth-order valence-corrected chi connectivity index (χ4v) is 5.65. The van der Waals surface area contributed by atoms with E-state index in [0.29, 0.717) is 12.1 Å². The number of piperidine rings is 1. The molecule has 5 rings (SSSR count). The van der Waals surface area contributed by atoms with Gasteiger partial charge in [0.25, 0.3) is 5.91 Å². The number of para-hydroxylation sites is 1. The molecule has 3 aromatic rings. The van der Waals surface area contributed by atoms with Crippen molar-refractivity contribution >= 4 is 11.6 Å². The summed E-state index contributed by atoms with van der Waals surface area (Å²) in [5.74, 6) is -0.712. The minimum atomic E-state index is -0.539. The lowest BCUT2D eigenvalue weighted by atomic mass is 9.67. The number of amides is 1. The van der Waals surface area contributed by atoms with Crippen LogP contribution in [0.3, 0.4) is 0 Å². The van der Waals surface area contributed by atoms with Crippen molar-refractivity contribution in [3.63, 3.8) is 0 Å². The molecule has 0 bridgehead atoms. The smallest absolute Gasteiger partial charge is 0.274 e. The van der Waals surface area contributed by atoms with Crippen molar-refractivity contribution in [3.05, 3.63) is 101 Å². The number of likely N-dealkylation sites (tertiary alicyclic amines) is 1. The molecule has 2 heterocycles. The molecule has 0 aliphatic carbocycles. The molecule has 0 radical (unpaired) electrons. The number of carbonyl (C=O) groups is 1. The van der Waals surface area contributed by atoms with Crippen LogP contribution in [0.1, 0.15) is 45.9 Å². The van der Waals surface area contributed by atoms with Gasteiger partial charge in [0.15, 0.2) is 0 Å². The quantitative estimate of drug-likeness (QED) is 0.453. The van der Waals surface area contributed by atoms with Crippen LogP contribution in [0.5, 0.6) is 0 Å². The summed E-state index contributed by atoms with van der Waals surface area (Å²) in [6.45, 7) is 2.53. The third-order valence-corrected chi connectivity index (χ3v) is 7.33. The Morgan fingerprint density at radius 3 is 2.39 bits per heavy atom. The number of hydrogen-bond acceptors (Lipinski definition) is 4. The van der Waals surface area contributed by atoms with E-state index in [4.69, 9.17) is 5.21 Å². The number of carbonyl (C=O) groups excluding carboxylic acids is 1. The van der Waals surface area contributed by atoms with Gasteiger partial charge in [-0.25, -0.2) is 9.87 Å². The Hall–Kier alpha value is -3.22. The molecule has 0 aromatic heterocycles. The standard InChI is InChI=1S/C27H28FN3O2/c1-30-16-14-27(15-17-30)22-7-3-5-9-24(22)31(25(27)21-6-2-4-8-23(21)28)18-19-10-12-20(13-11-19)26(32)29-33/h2-13,25,33H,14-18H2,1H3,(H,29,32). The number of nitrogens with zero attached hydrogens (tertiary/aromatic N) is 2. The lowest BCUT2D eigenvalue weighted by molar-refractivity contribution is 0.0706. The van der Waals surface area contributed by atoms with E-state index in [1.165, 1.54) is 5.56 Å². The number of benzene rings is 3. The van der Waals surface area contributed by atoms with Crippen molar-refractivity contribution in [2.45, 2.75) is 30.8 Å². The molecule has 170 valence electrons. The second-order valence-electron chi connectivity index (χ2n) is 9.17. The largest absolute Gasteiger partial charge is 0.359 e. The highest BCUT2D eigenvalue weighted by Crippen LogP contribution is 2.58. The van der Waals surface area contributed by atoms with Crippen molar-refractivity contribution < 1.29 is 14.4 Å². The SMILES string of the molecule is CN1CCC2(CC1)c1ccccc1N(Cc1ccc(C(=O)NO)cc1)C2c1ccccc1F. The van der Waals surface area contributed by atoms with Crippen molar-refractivity contribution in [2.75, 3.05) is 25.0 Å². The van der Waals surface area contributed by atoms with Gasteiger partial charge in [0.2, 0.25) is 0 Å². The average molecular weight is 446 g/mol. The first kappa shape index (κ1) is 21.6.